The van der Waals surface area contributed by atoms with Crippen molar-refractivity contribution < 1.29 is 32.5 Å². The van der Waals surface area contributed by atoms with Crippen LogP contribution in [0.4, 0.5) is 13.2 Å². The zero-order valence-electron chi connectivity index (χ0n) is 19.4. The summed E-state index contributed by atoms with van der Waals surface area (Å²) in [5, 5.41) is 11.1. The predicted octanol–water partition coefficient (Wildman–Crippen LogP) is 4.01. The quantitative estimate of drug-likeness (QED) is 0.365. The van der Waals surface area contributed by atoms with E-state index in [1.807, 2.05) is 0 Å². The van der Waals surface area contributed by atoms with Crippen LogP contribution in [0.3, 0.4) is 0 Å². The van der Waals surface area contributed by atoms with E-state index in [2.05, 4.69) is 24.8 Å². The van der Waals surface area contributed by atoms with Crippen molar-refractivity contribution in [1.82, 2.24) is 24.8 Å². The second-order valence-corrected chi connectivity index (χ2v) is 8.37. The zero-order chi connectivity index (χ0) is 25.3. The van der Waals surface area contributed by atoms with Gasteiger partial charge in [-0.3, -0.25) is 9.88 Å². The number of H-pyrrole nitrogens is 1. The summed E-state index contributed by atoms with van der Waals surface area (Å²) >= 11 is 0. The van der Waals surface area contributed by atoms with Gasteiger partial charge in [0.25, 0.3) is 0 Å². The fraction of sp³-hybridized carbons (Fsp3) is 0.375. The van der Waals surface area contributed by atoms with E-state index in [0.717, 1.165) is 51.5 Å². The monoisotopic (exact) mass is 503 g/mol. The van der Waals surface area contributed by atoms with Crippen molar-refractivity contribution in [2.24, 2.45) is 0 Å². The molecule has 0 atom stereocenters. The smallest absolute Gasteiger partial charge is 0.417 e. The molecular weight excluding hydrogens is 479 g/mol. The molecule has 1 saturated heterocycles. The van der Waals surface area contributed by atoms with Gasteiger partial charge in [0.1, 0.15) is 11.8 Å². The van der Waals surface area contributed by atoms with Gasteiger partial charge in [0, 0.05) is 37.3 Å². The third kappa shape index (κ3) is 4.73. The third-order valence-corrected chi connectivity index (χ3v) is 6.08. The van der Waals surface area contributed by atoms with Gasteiger partial charge in [-0.25, -0.2) is 9.97 Å². The molecule has 0 saturated carbocycles. The highest BCUT2D eigenvalue weighted by atomic mass is 19.4. The van der Waals surface area contributed by atoms with Crippen LogP contribution in [-0.2, 0) is 10.9 Å². The van der Waals surface area contributed by atoms with Crippen LogP contribution in [-0.4, -0.2) is 76.5 Å². The molecule has 9 nitrogen and oxygen atoms in total. The van der Waals surface area contributed by atoms with Gasteiger partial charge in [0.05, 0.1) is 54.8 Å². The molecular formula is C24H24F3N5O4. The standard InChI is InChI=1S/C24H24F3N5O4/c1-34-18-10-15-16(11-19(18)36-6-2-3-32-4-7-35-8-5-32)29-13-30-21(15)20-22-17(31-23(20)33)9-14(12-28-22)24(25,26)27/h9-13,31,33H,2-8H2,1H3. The SMILES string of the molecule is COc1cc2c(-c3c(O)[nH]c4cc(C(F)(F)F)cnc34)ncnc2cc1OCCCN1CCOCC1. The molecule has 12 heteroatoms. The number of halogens is 3. The topological polar surface area (TPSA) is 106 Å². The fourth-order valence-electron chi connectivity index (χ4n) is 4.27. The van der Waals surface area contributed by atoms with E-state index in [1.54, 1.807) is 12.1 Å². The maximum atomic E-state index is 13.1. The van der Waals surface area contributed by atoms with E-state index in [-0.39, 0.29) is 22.5 Å². The number of nitrogens with zero attached hydrogens (tertiary/aromatic N) is 4. The first kappa shape index (κ1) is 24.1. The Kier molecular flexibility index (Phi) is 6.54. The number of pyridine rings is 1. The largest absolute Gasteiger partial charge is 0.494 e. The Morgan fingerprint density at radius 3 is 2.67 bits per heavy atom. The van der Waals surface area contributed by atoms with Crippen molar-refractivity contribution >= 4 is 21.9 Å². The number of morpholine rings is 1. The van der Waals surface area contributed by atoms with Crippen LogP contribution in [0, 0.1) is 0 Å². The fourth-order valence-corrected chi connectivity index (χ4v) is 4.27. The van der Waals surface area contributed by atoms with Gasteiger partial charge >= 0.3 is 6.18 Å². The van der Waals surface area contributed by atoms with Gasteiger partial charge in [0.15, 0.2) is 11.5 Å². The van der Waals surface area contributed by atoms with E-state index in [1.165, 1.54) is 13.4 Å². The van der Waals surface area contributed by atoms with Crippen LogP contribution in [0.1, 0.15) is 12.0 Å². The number of benzene rings is 1. The highest BCUT2D eigenvalue weighted by Crippen LogP contribution is 2.41. The summed E-state index contributed by atoms with van der Waals surface area (Å²) < 4.78 is 56.2. The van der Waals surface area contributed by atoms with Gasteiger partial charge in [0.2, 0.25) is 5.88 Å². The number of aromatic nitrogens is 4. The van der Waals surface area contributed by atoms with Crippen LogP contribution in [0.5, 0.6) is 17.4 Å². The van der Waals surface area contributed by atoms with Crippen molar-refractivity contribution in [3.63, 3.8) is 0 Å². The number of alkyl halides is 3. The summed E-state index contributed by atoms with van der Waals surface area (Å²) in [7, 11) is 1.51. The van der Waals surface area contributed by atoms with E-state index < -0.39 is 11.7 Å². The Bertz CT molecular complexity index is 1390. The molecule has 0 unspecified atom stereocenters. The number of hydrogen-bond acceptors (Lipinski definition) is 8. The van der Waals surface area contributed by atoms with Crippen molar-refractivity contribution in [3.05, 3.63) is 36.3 Å². The minimum absolute atomic E-state index is 0.0382. The first-order chi connectivity index (χ1) is 17.3. The highest BCUT2D eigenvalue weighted by molar-refractivity contribution is 6.04. The maximum absolute atomic E-state index is 13.1. The molecule has 0 aliphatic carbocycles. The number of nitrogens with one attached hydrogen (secondary N) is 1. The van der Waals surface area contributed by atoms with Crippen LogP contribution < -0.4 is 9.47 Å². The maximum Gasteiger partial charge on any atom is 0.417 e. The van der Waals surface area contributed by atoms with Crippen molar-refractivity contribution in [2.75, 3.05) is 46.6 Å². The summed E-state index contributed by atoms with van der Waals surface area (Å²) in [5.41, 5.74) is 0.261. The zero-order valence-corrected chi connectivity index (χ0v) is 19.4. The van der Waals surface area contributed by atoms with Gasteiger partial charge < -0.3 is 24.3 Å². The van der Waals surface area contributed by atoms with Crippen molar-refractivity contribution in [2.45, 2.75) is 12.6 Å². The molecule has 1 aromatic carbocycles. The van der Waals surface area contributed by atoms with Gasteiger partial charge in [-0.15, -0.1) is 0 Å². The molecule has 0 amide bonds. The molecule has 1 aliphatic rings. The summed E-state index contributed by atoms with van der Waals surface area (Å²) in [6.07, 6.45) is -1.69. The van der Waals surface area contributed by atoms with Crippen LogP contribution in [0.15, 0.2) is 30.7 Å². The Morgan fingerprint density at radius 1 is 1.11 bits per heavy atom. The first-order valence-electron chi connectivity index (χ1n) is 11.4. The normalized spacial score (nSPS) is 15.0. The van der Waals surface area contributed by atoms with E-state index in [9.17, 15) is 18.3 Å². The average molecular weight is 503 g/mol. The van der Waals surface area contributed by atoms with Gasteiger partial charge in [-0.1, -0.05) is 0 Å². The number of ether oxygens (including phenoxy) is 3. The number of aromatic hydroxyl groups is 1. The number of rotatable bonds is 7. The molecule has 0 spiro atoms. The lowest BCUT2D eigenvalue weighted by molar-refractivity contribution is -0.137. The van der Waals surface area contributed by atoms with Crippen LogP contribution >= 0.6 is 0 Å². The molecule has 3 aromatic heterocycles. The van der Waals surface area contributed by atoms with Crippen LogP contribution in [0.2, 0.25) is 0 Å². The molecule has 4 heterocycles. The average Bonchev–Trinajstić information content (AvgIpc) is 3.20. The first-order valence-corrected chi connectivity index (χ1v) is 11.4. The highest BCUT2D eigenvalue weighted by Gasteiger charge is 2.32. The second-order valence-electron chi connectivity index (χ2n) is 8.37. The predicted molar refractivity (Wildman–Crippen MR) is 125 cm³/mol. The van der Waals surface area contributed by atoms with Crippen LogP contribution in [0.25, 0.3) is 33.2 Å². The molecule has 2 N–H and O–H groups in total. The van der Waals surface area contributed by atoms with Crippen molar-refractivity contribution in [1.29, 1.82) is 0 Å². The van der Waals surface area contributed by atoms with Gasteiger partial charge in [-0.05, 0) is 18.6 Å². The number of fused-ring (bicyclic) bond motifs is 2. The van der Waals surface area contributed by atoms with Crippen molar-refractivity contribution in [3.8, 4) is 28.6 Å². The Morgan fingerprint density at radius 2 is 1.92 bits per heavy atom. The Labute approximate surface area is 203 Å². The molecule has 1 fully saturated rings. The molecule has 190 valence electrons. The van der Waals surface area contributed by atoms with E-state index in [4.69, 9.17) is 14.2 Å². The summed E-state index contributed by atoms with van der Waals surface area (Å²) in [5.74, 6) is 0.600. The minimum atomic E-state index is -4.56. The Balaban J connectivity index is 1.45. The third-order valence-electron chi connectivity index (χ3n) is 6.08. The summed E-state index contributed by atoms with van der Waals surface area (Å²) in [4.78, 5) is 17.5. The molecule has 1 aliphatic heterocycles. The number of methoxy groups -OCH3 is 1. The molecule has 36 heavy (non-hydrogen) atoms. The molecule has 5 rings (SSSR count). The summed E-state index contributed by atoms with van der Waals surface area (Å²) in [6.45, 7) is 4.68. The molecule has 0 bridgehead atoms. The van der Waals surface area contributed by atoms with E-state index >= 15 is 0 Å². The number of hydrogen-bond donors (Lipinski definition) is 2. The summed E-state index contributed by atoms with van der Waals surface area (Å²) in [6, 6.07) is 4.30. The number of aromatic amines is 1. The lowest BCUT2D eigenvalue weighted by atomic mass is 10.1. The lowest BCUT2D eigenvalue weighted by Gasteiger charge is -2.26. The lowest BCUT2D eigenvalue weighted by Crippen LogP contribution is -2.37. The molecule has 4 aromatic rings. The minimum Gasteiger partial charge on any atom is -0.494 e. The van der Waals surface area contributed by atoms with E-state index in [0.29, 0.717) is 34.7 Å². The van der Waals surface area contributed by atoms with Gasteiger partial charge in [-0.2, -0.15) is 13.2 Å². The molecule has 0 radical (unpaired) electrons. The second kappa shape index (κ2) is 9.78. The Hall–Kier alpha value is -3.64.